The minimum atomic E-state index is -0.0772. The quantitative estimate of drug-likeness (QED) is 0.758. The Kier molecular flexibility index (Phi) is 2.78. The highest BCUT2D eigenvalue weighted by Crippen LogP contribution is 2.20. The van der Waals surface area contributed by atoms with Gasteiger partial charge in [-0.25, -0.2) is 0 Å². The molecule has 1 saturated heterocycles. The van der Waals surface area contributed by atoms with Crippen LogP contribution in [0.3, 0.4) is 0 Å². The monoisotopic (exact) mass is 220 g/mol. The molecule has 1 aliphatic heterocycles. The van der Waals surface area contributed by atoms with E-state index in [0.717, 1.165) is 18.8 Å². The van der Waals surface area contributed by atoms with Gasteiger partial charge < -0.3 is 15.5 Å². The van der Waals surface area contributed by atoms with Gasteiger partial charge in [-0.3, -0.25) is 9.78 Å². The van der Waals surface area contributed by atoms with Crippen molar-refractivity contribution in [3.63, 3.8) is 0 Å². The Morgan fingerprint density at radius 2 is 2.25 bits per heavy atom. The van der Waals surface area contributed by atoms with Crippen molar-refractivity contribution in [1.29, 1.82) is 0 Å². The molecule has 16 heavy (non-hydrogen) atoms. The molecule has 1 aliphatic rings. The molecule has 2 heterocycles. The lowest BCUT2D eigenvalue weighted by molar-refractivity contribution is 0.0822. The van der Waals surface area contributed by atoms with Crippen LogP contribution in [0.5, 0.6) is 0 Å². The van der Waals surface area contributed by atoms with E-state index in [-0.39, 0.29) is 11.9 Å². The lowest BCUT2D eigenvalue weighted by atomic mass is 10.1. The average Bonchev–Trinajstić information content (AvgIpc) is 2.24. The summed E-state index contributed by atoms with van der Waals surface area (Å²) < 4.78 is 0. The van der Waals surface area contributed by atoms with Crippen molar-refractivity contribution in [2.45, 2.75) is 6.04 Å². The van der Waals surface area contributed by atoms with Crippen molar-refractivity contribution in [3.8, 4) is 0 Å². The van der Waals surface area contributed by atoms with Gasteiger partial charge >= 0.3 is 0 Å². The predicted octanol–water partition coefficient (Wildman–Crippen LogP) is -0.0693. The van der Waals surface area contributed by atoms with E-state index < -0.39 is 0 Å². The second-order valence-electron chi connectivity index (χ2n) is 4.26. The van der Waals surface area contributed by atoms with E-state index in [1.54, 1.807) is 20.3 Å². The Morgan fingerprint density at radius 3 is 2.81 bits per heavy atom. The van der Waals surface area contributed by atoms with Gasteiger partial charge in [0, 0.05) is 45.1 Å². The maximum Gasteiger partial charge on any atom is 0.272 e. The summed E-state index contributed by atoms with van der Waals surface area (Å²) in [6.45, 7) is 1.69. The molecule has 5 heteroatoms. The number of pyridine rings is 1. The number of carbonyl (C=O) groups is 1. The third-order valence-corrected chi connectivity index (χ3v) is 2.64. The Balaban J connectivity index is 2.17. The van der Waals surface area contributed by atoms with Crippen LogP contribution in [0.15, 0.2) is 18.3 Å². The zero-order valence-electron chi connectivity index (χ0n) is 9.55. The van der Waals surface area contributed by atoms with Crippen LogP contribution >= 0.6 is 0 Å². The topological polar surface area (TPSA) is 62.5 Å². The molecular formula is C11H16N4O. The van der Waals surface area contributed by atoms with Crippen LogP contribution < -0.4 is 10.6 Å². The Morgan fingerprint density at radius 1 is 1.56 bits per heavy atom. The Bertz CT molecular complexity index is 399. The van der Waals surface area contributed by atoms with Gasteiger partial charge in [-0.15, -0.1) is 0 Å². The summed E-state index contributed by atoms with van der Waals surface area (Å²) in [6, 6.07) is 3.97. The Labute approximate surface area is 94.9 Å². The normalized spacial score (nSPS) is 15.8. The van der Waals surface area contributed by atoms with Crippen LogP contribution in [-0.4, -0.2) is 49.0 Å². The van der Waals surface area contributed by atoms with Crippen LogP contribution in [0.1, 0.15) is 10.5 Å². The van der Waals surface area contributed by atoms with E-state index in [9.17, 15) is 4.79 Å². The third kappa shape index (κ3) is 1.99. The summed E-state index contributed by atoms with van der Waals surface area (Å²) in [7, 11) is 3.44. The maximum absolute atomic E-state index is 11.7. The van der Waals surface area contributed by atoms with Gasteiger partial charge in [-0.05, 0) is 12.1 Å². The van der Waals surface area contributed by atoms with Gasteiger partial charge in [-0.2, -0.15) is 0 Å². The molecule has 1 aromatic heterocycles. The van der Waals surface area contributed by atoms with Crippen molar-refractivity contribution < 1.29 is 4.79 Å². The molecule has 1 aromatic rings. The first-order valence-corrected chi connectivity index (χ1v) is 5.26. The summed E-state index contributed by atoms with van der Waals surface area (Å²) in [6.07, 6.45) is 1.66. The lowest BCUT2D eigenvalue weighted by Crippen LogP contribution is -2.55. The molecule has 0 spiro atoms. The second-order valence-corrected chi connectivity index (χ2v) is 4.26. The zero-order valence-corrected chi connectivity index (χ0v) is 9.55. The molecule has 0 aromatic carbocycles. The molecule has 2 rings (SSSR count). The fourth-order valence-corrected chi connectivity index (χ4v) is 1.69. The first-order chi connectivity index (χ1) is 7.58. The summed E-state index contributed by atoms with van der Waals surface area (Å²) in [5.74, 6) is -0.0772. The zero-order chi connectivity index (χ0) is 11.7. The van der Waals surface area contributed by atoms with E-state index in [1.807, 2.05) is 12.1 Å². The molecule has 0 unspecified atom stereocenters. The predicted molar refractivity (Wildman–Crippen MR) is 62.4 cm³/mol. The second kappa shape index (κ2) is 4.09. The molecule has 2 N–H and O–H groups in total. The number of amides is 1. The molecule has 0 atom stereocenters. The summed E-state index contributed by atoms with van der Waals surface area (Å²) >= 11 is 0. The number of nitrogens with zero attached hydrogens (tertiary/aromatic N) is 3. The Hall–Kier alpha value is -1.62. The van der Waals surface area contributed by atoms with E-state index in [4.69, 9.17) is 5.73 Å². The lowest BCUT2D eigenvalue weighted by Gasteiger charge is -2.38. The minimum absolute atomic E-state index is 0.0772. The number of hydrogen-bond acceptors (Lipinski definition) is 4. The van der Waals surface area contributed by atoms with Gasteiger partial charge in [0.05, 0.1) is 0 Å². The fourth-order valence-electron chi connectivity index (χ4n) is 1.69. The van der Waals surface area contributed by atoms with E-state index in [1.165, 1.54) is 4.90 Å². The molecule has 1 amide bonds. The molecule has 0 radical (unpaired) electrons. The number of rotatable bonds is 2. The largest absolute Gasteiger partial charge is 0.368 e. The molecule has 0 bridgehead atoms. The number of hydrogen-bond donors (Lipinski definition) is 1. The van der Waals surface area contributed by atoms with E-state index in [0.29, 0.717) is 5.69 Å². The first-order valence-electron chi connectivity index (χ1n) is 5.26. The number of anilines is 1. The molecule has 1 fully saturated rings. The van der Waals surface area contributed by atoms with Gasteiger partial charge in [0.15, 0.2) is 0 Å². The highest BCUT2D eigenvalue weighted by molar-refractivity contribution is 5.92. The van der Waals surface area contributed by atoms with Gasteiger partial charge in [0.2, 0.25) is 0 Å². The number of carbonyl (C=O) groups excluding carboxylic acids is 1. The van der Waals surface area contributed by atoms with Crippen LogP contribution in [-0.2, 0) is 0 Å². The first kappa shape index (κ1) is 10.9. The van der Waals surface area contributed by atoms with Gasteiger partial charge in [0.25, 0.3) is 5.91 Å². The summed E-state index contributed by atoms with van der Waals surface area (Å²) in [5, 5.41) is 0. The summed E-state index contributed by atoms with van der Waals surface area (Å²) in [5.41, 5.74) is 7.21. The molecule has 86 valence electrons. The number of nitrogens with two attached hydrogens (primary N) is 1. The standard InChI is InChI=1S/C11H16N4O/c1-14(2)11(16)10-5-9(3-4-13-10)15-6-8(12)7-15/h3-5,8H,6-7,12H2,1-2H3. The van der Waals surface area contributed by atoms with Gasteiger partial charge in [0.1, 0.15) is 5.69 Å². The highest BCUT2D eigenvalue weighted by Gasteiger charge is 2.24. The molecule has 5 nitrogen and oxygen atoms in total. The van der Waals surface area contributed by atoms with E-state index >= 15 is 0 Å². The van der Waals surface area contributed by atoms with Crippen LogP contribution in [0.4, 0.5) is 5.69 Å². The van der Waals surface area contributed by atoms with Gasteiger partial charge in [-0.1, -0.05) is 0 Å². The SMILES string of the molecule is CN(C)C(=O)c1cc(N2CC(N)C2)ccn1. The highest BCUT2D eigenvalue weighted by atomic mass is 16.2. The minimum Gasteiger partial charge on any atom is -0.368 e. The van der Waals surface area contributed by atoms with Crippen molar-refractivity contribution in [2.24, 2.45) is 5.73 Å². The maximum atomic E-state index is 11.7. The van der Waals surface area contributed by atoms with Crippen molar-refractivity contribution in [2.75, 3.05) is 32.1 Å². The van der Waals surface area contributed by atoms with Crippen molar-refractivity contribution >= 4 is 11.6 Å². The molecule has 0 aliphatic carbocycles. The van der Waals surface area contributed by atoms with Crippen molar-refractivity contribution in [1.82, 2.24) is 9.88 Å². The molecule has 0 saturated carbocycles. The van der Waals surface area contributed by atoms with Crippen molar-refractivity contribution in [3.05, 3.63) is 24.0 Å². The number of aromatic nitrogens is 1. The van der Waals surface area contributed by atoms with Crippen LogP contribution in [0.2, 0.25) is 0 Å². The van der Waals surface area contributed by atoms with Crippen LogP contribution in [0, 0.1) is 0 Å². The molecular weight excluding hydrogens is 204 g/mol. The third-order valence-electron chi connectivity index (χ3n) is 2.64. The summed E-state index contributed by atoms with van der Waals surface area (Å²) in [4.78, 5) is 19.4. The average molecular weight is 220 g/mol. The fraction of sp³-hybridized carbons (Fsp3) is 0.455. The smallest absolute Gasteiger partial charge is 0.272 e. The van der Waals surface area contributed by atoms with Crippen LogP contribution in [0.25, 0.3) is 0 Å². The van der Waals surface area contributed by atoms with E-state index in [2.05, 4.69) is 9.88 Å².